The summed E-state index contributed by atoms with van der Waals surface area (Å²) in [6.45, 7) is 1.44. The lowest BCUT2D eigenvalue weighted by Gasteiger charge is -2.35. The number of esters is 2. The van der Waals surface area contributed by atoms with Gasteiger partial charge >= 0.3 is 18.1 Å². The maximum Gasteiger partial charge on any atom is 0.433 e. The van der Waals surface area contributed by atoms with Crippen LogP contribution in [-0.2, 0) is 25.2 Å². The number of nitrogens with two attached hydrogens (primary N) is 1. The summed E-state index contributed by atoms with van der Waals surface area (Å²) >= 11 is 0. The number of nitrogens with zero attached hydrogens (tertiary/aromatic N) is 4. The van der Waals surface area contributed by atoms with Gasteiger partial charge in [-0.2, -0.15) is 23.5 Å². The fourth-order valence-corrected chi connectivity index (χ4v) is 4.42. The quantitative estimate of drug-likeness (QED) is 0.483. The van der Waals surface area contributed by atoms with Gasteiger partial charge in [0.1, 0.15) is 17.2 Å². The van der Waals surface area contributed by atoms with Crippen molar-refractivity contribution in [2.45, 2.75) is 19.0 Å². The third-order valence-corrected chi connectivity index (χ3v) is 6.08. The van der Waals surface area contributed by atoms with Crippen molar-refractivity contribution in [1.82, 2.24) is 9.78 Å². The number of ether oxygens (including phenoxy) is 2. The van der Waals surface area contributed by atoms with Gasteiger partial charge in [0.2, 0.25) is 0 Å². The fraction of sp³-hybridized carbons (Fsp3) is 0.185. The number of carbonyl (C=O) groups is 2. The first-order valence-corrected chi connectivity index (χ1v) is 11.4. The molecular weight excluding hydrogens is 515 g/mol. The maximum atomic E-state index is 13.5. The van der Waals surface area contributed by atoms with Gasteiger partial charge in [0.15, 0.2) is 0 Å². The Kier molecular flexibility index (Phi) is 7.18. The van der Waals surface area contributed by atoms with Crippen LogP contribution in [0.3, 0.4) is 0 Å². The summed E-state index contributed by atoms with van der Waals surface area (Å²) in [5.74, 6) is -3.05. The number of carbonyl (C=O) groups excluding carboxylic acids is 2. The molecule has 9 nitrogen and oxygen atoms in total. The predicted molar refractivity (Wildman–Crippen MR) is 133 cm³/mol. The largest absolute Gasteiger partial charge is 0.466 e. The van der Waals surface area contributed by atoms with Crippen LogP contribution in [0.15, 0.2) is 83.3 Å². The van der Waals surface area contributed by atoms with Gasteiger partial charge in [0.05, 0.1) is 48.7 Å². The van der Waals surface area contributed by atoms with Gasteiger partial charge in [-0.05, 0) is 42.8 Å². The molecule has 0 fully saturated rings. The van der Waals surface area contributed by atoms with Gasteiger partial charge in [0.25, 0.3) is 0 Å². The number of anilines is 1. The van der Waals surface area contributed by atoms with Crippen molar-refractivity contribution in [1.29, 1.82) is 5.26 Å². The molecule has 3 aromatic rings. The van der Waals surface area contributed by atoms with Gasteiger partial charge in [-0.3, -0.25) is 4.90 Å². The third-order valence-electron chi connectivity index (χ3n) is 6.08. The molecule has 1 aliphatic heterocycles. The van der Waals surface area contributed by atoms with Crippen molar-refractivity contribution in [3.8, 4) is 11.8 Å². The molecule has 2 aromatic carbocycles. The van der Waals surface area contributed by atoms with E-state index in [0.717, 1.165) is 29.9 Å². The second-order valence-corrected chi connectivity index (χ2v) is 8.43. The Morgan fingerprint density at radius 3 is 2.13 bits per heavy atom. The first-order valence-electron chi connectivity index (χ1n) is 11.4. The summed E-state index contributed by atoms with van der Waals surface area (Å²) in [5, 5.41) is 14.0. The number of aromatic nitrogens is 2. The number of benzene rings is 2. The molecule has 1 aromatic heterocycles. The second kappa shape index (κ2) is 10.4. The zero-order chi connectivity index (χ0) is 28.5. The zero-order valence-corrected chi connectivity index (χ0v) is 21.0. The van der Waals surface area contributed by atoms with E-state index in [9.17, 15) is 28.0 Å². The minimum Gasteiger partial charge on any atom is -0.466 e. The molecule has 0 bridgehead atoms. The SMILES string of the molecule is COC(=O)C1=C(C(=O)OC)N(c2ccc(-n3nc(C)cc3C(F)(F)F)cc2)C(N)=C(C#N)C1c1ccccc1. The lowest BCUT2D eigenvalue weighted by molar-refractivity contribution is -0.143. The standard InChI is InChI=1S/C27H22F3N5O4/c1-15-13-20(27(28,29)30)35(33-15)18-11-9-17(10-12-18)34-23(26(37)39-3)22(25(36)38-2)21(19(14-31)24(34)32)16-7-5-4-6-8-16/h4-13,21H,32H2,1-3H3. The van der Waals surface area contributed by atoms with E-state index in [4.69, 9.17) is 15.2 Å². The smallest absolute Gasteiger partial charge is 0.433 e. The number of allylic oxidation sites excluding steroid dienone is 1. The molecule has 0 amide bonds. The lowest BCUT2D eigenvalue weighted by Crippen LogP contribution is -2.40. The van der Waals surface area contributed by atoms with Gasteiger partial charge in [-0.25, -0.2) is 14.3 Å². The topological polar surface area (TPSA) is 123 Å². The Bertz CT molecular complexity index is 1530. The molecule has 0 saturated carbocycles. The Labute approximate surface area is 221 Å². The van der Waals surface area contributed by atoms with Crippen molar-refractivity contribution >= 4 is 17.6 Å². The number of nitriles is 1. The number of methoxy groups -OCH3 is 2. The number of hydrogen-bond donors (Lipinski definition) is 1. The molecule has 39 heavy (non-hydrogen) atoms. The highest BCUT2D eigenvalue weighted by Gasteiger charge is 2.43. The van der Waals surface area contributed by atoms with E-state index in [2.05, 4.69) is 5.10 Å². The summed E-state index contributed by atoms with van der Waals surface area (Å²) < 4.78 is 51.3. The van der Waals surface area contributed by atoms with Crippen LogP contribution in [0.5, 0.6) is 0 Å². The van der Waals surface area contributed by atoms with Crippen LogP contribution in [0, 0.1) is 18.3 Å². The highest BCUT2D eigenvalue weighted by atomic mass is 19.4. The van der Waals surface area contributed by atoms with Gasteiger partial charge in [-0.15, -0.1) is 0 Å². The summed E-state index contributed by atoms with van der Waals surface area (Å²) in [4.78, 5) is 27.4. The maximum absolute atomic E-state index is 13.5. The number of hydrogen-bond acceptors (Lipinski definition) is 8. The highest BCUT2D eigenvalue weighted by molar-refractivity contribution is 6.06. The van der Waals surface area contributed by atoms with Gasteiger partial charge in [0, 0.05) is 5.69 Å². The van der Waals surface area contributed by atoms with Gasteiger partial charge < -0.3 is 15.2 Å². The first kappa shape index (κ1) is 27.0. The molecule has 12 heteroatoms. The van der Waals surface area contributed by atoms with Crippen molar-refractivity contribution in [2.75, 3.05) is 19.1 Å². The number of halogens is 3. The van der Waals surface area contributed by atoms with Crippen LogP contribution in [0.4, 0.5) is 18.9 Å². The van der Waals surface area contributed by atoms with Crippen molar-refractivity contribution < 1.29 is 32.2 Å². The van der Waals surface area contributed by atoms with Crippen molar-refractivity contribution in [3.05, 3.63) is 100 Å². The monoisotopic (exact) mass is 537 g/mol. The molecule has 200 valence electrons. The van der Waals surface area contributed by atoms with Crippen LogP contribution in [-0.4, -0.2) is 35.9 Å². The third kappa shape index (κ3) is 4.82. The number of alkyl halides is 3. The zero-order valence-electron chi connectivity index (χ0n) is 21.0. The Hall–Kier alpha value is -5.05. The van der Waals surface area contributed by atoms with E-state index < -0.39 is 29.7 Å². The van der Waals surface area contributed by atoms with Crippen LogP contribution in [0.1, 0.15) is 22.9 Å². The van der Waals surface area contributed by atoms with Crippen molar-refractivity contribution in [2.24, 2.45) is 5.73 Å². The highest BCUT2D eigenvalue weighted by Crippen LogP contribution is 2.43. The molecule has 0 aliphatic carbocycles. The minimum atomic E-state index is -4.65. The lowest BCUT2D eigenvalue weighted by atomic mass is 9.81. The van der Waals surface area contributed by atoms with Crippen LogP contribution >= 0.6 is 0 Å². The molecule has 0 saturated heterocycles. The molecule has 1 aliphatic rings. The van der Waals surface area contributed by atoms with E-state index in [-0.39, 0.29) is 39.7 Å². The Morgan fingerprint density at radius 1 is 1.00 bits per heavy atom. The molecule has 0 radical (unpaired) electrons. The first-order chi connectivity index (χ1) is 18.5. The molecule has 0 spiro atoms. The van der Waals surface area contributed by atoms with Crippen molar-refractivity contribution in [3.63, 3.8) is 0 Å². The van der Waals surface area contributed by atoms with Gasteiger partial charge in [-0.1, -0.05) is 30.3 Å². The summed E-state index contributed by atoms with van der Waals surface area (Å²) in [5.41, 5.74) is 5.87. The second-order valence-electron chi connectivity index (χ2n) is 8.43. The Morgan fingerprint density at radius 2 is 1.59 bits per heavy atom. The van der Waals surface area contributed by atoms with E-state index in [1.165, 1.54) is 31.2 Å². The Balaban J connectivity index is 1.94. The molecule has 2 heterocycles. The van der Waals surface area contributed by atoms with E-state index in [0.29, 0.717) is 5.56 Å². The number of rotatable bonds is 5. The van der Waals surface area contributed by atoms with E-state index >= 15 is 0 Å². The van der Waals surface area contributed by atoms with Crippen LogP contribution in [0.25, 0.3) is 5.69 Å². The predicted octanol–water partition coefficient (Wildman–Crippen LogP) is 4.10. The van der Waals surface area contributed by atoms with Crippen LogP contribution < -0.4 is 10.6 Å². The summed E-state index contributed by atoms with van der Waals surface area (Å²) in [7, 11) is 2.24. The number of aryl methyl sites for hydroxylation is 1. The molecule has 2 N–H and O–H groups in total. The average Bonchev–Trinajstić information content (AvgIpc) is 3.34. The summed E-state index contributed by atoms with van der Waals surface area (Å²) in [6.07, 6.45) is -4.65. The summed E-state index contributed by atoms with van der Waals surface area (Å²) in [6, 6.07) is 16.9. The average molecular weight is 537 g/mol. The molecule has 4 rings (SSSR count). The molecular formula is C27H22F3N5O4. The van der Waals surface area contributed by atoms with E-state index in [1.807, 2.05) is 6.07 Å². The minimum absolute atomic E-state index is 0.0413. The molecule has 1 unspecified atom stereocenters. The fourth-order valence-electron chi connectivity index (χ4n) is 4.42. The van der Waals surface area contributed by atoms with E-state index in [1.54, 1.807) is 30.3 Å². The molecule has 1 atom stereocenters. The van der Waals surface area contributed by atoms with Crippen LogP contribution in [0.2, 0.25) is 0 Å². The normalized spacial score (nSPS) is 15.7.